The molecule has 0 unspecified atom stereocenters. The fourth-order valence-electron chi connectivity index (χ4n) is 5.85. The number of hydrogen-bond donors (Lipinski definition) is 1. The number of amides is 1. The summed E-state index contributed by atoms with van der Waals surface area (Å²) in [4.78, 5) is 17.6. The minimum Gasteiger partial charge on any atom is -0.406 e. The summed E-state index contributed by atoms with van der Waals surface area (Å²) in [6.45, 7) is 9.37. The van der Waals surface area contributed by atoms with Crippen LogP contribution < -0.4 is 14.8 Å². The van der Waals surface area contributed by atoms with Gasteiger partial charge in [-0.05, 0) is 72.7 Å². The number of carbonyl (C=O) groups is 1. The van der Waals surface area contributed by atoms with Crippen LogP contribution in [0.3, 0.4) is 0 Å². The molecule has 0 aliphatic carbocycles. The van der Waals surface area contributed by atoms with Gasteiger partial charge in [-0.3, -0.25) is 9.69 Å². The van der Waals surface area contributed by atoms with Gasteiger partial charge in [-0.25, -0.2) is 0 Å². The molecular formula is C30H37F6N3O3. The number of nitrogens with one attached hydrogen (secondary N) is 1. The fourth-order valence-corrected chi connectivity index (χ4v) is 5.85. The second-order valence-corrected chi connectivity index (χ2v) is 12.0. The molecular weight excluding hydrogens is 564 g/mol. The highest BCUT2D eigenvalue weighted by Crippen LogP contribution is 2.37. The number of piperazine rings is 1. The Balaban J connectivity index is 1.62. The summed E-state index contributed by atoms with van der Waals surface area (Å²) in [5.74, 6) is -0.306. The lowest BCUT2D eigenvalue weighted by Gasteiger charge is -2.49. The van der Waals surface area contributed by atoms with E-state index in [-0.39, 0.29) is 28.9 Å². The van der Waals surface area contributed by atoms with E-state index in [0.29, 0.717) is 43.1 Å². The average Bonchev–Trinajstić information content (AvgIpc) is 2.89. The van der Waals surface area contributed by atoms with Crippen molar-refractivity contribution in [2.45, 2.75) is 64.8 Å². The van der Waals surface area contributed by atoms with Gasteiger partial charge < -0.3 is 19.7 Å². The topological polar surface area (TPSA) is 54.0 Å². The Kier molecular flexibility index (Phi) is 9.66. The van der Waals surface area contributed by atoms with Crippen molar-refractivity contribution in [3.63, 3.8) is 0 Å². The number of piperidine rings is 1. The standard InChI is InChI=1S/C30H37F6N3O3/c1-28(2,3)25-19-38(16-17-39(25)26(40)18-20-12-14-37-15-13-20)27(21-4-8-23(9-5-21)41-29(31,32)33)22-6-10-24(11-7-22)42-30(34,35)36/h4-11,20,25,27,37H,12-19H2,1-3H3/t25-/m1/s1. The van der Waals surface area contributed by atoms with Gasteiger partial charge in [-0.2, -0.15) is 0 Å². The van der Waals surface area contributed by atoms with Crippen molar-refractivity contribution >= 4 is 5.91 Å². The predicted molar refractivity (Wildman–Crippen MR) is 145 cm³/mol. The van der Waals surface area contributed by atoms with Crippen LogP contribution in [-0.2, 0) is 4.79 Å². The van der Waals surface area contributed by atoms with Crippen molar-refractivity contribution in [2.24, 2.45) is 11.3 Å². The number of halogens is 6. The Morgan fingerprint density at radius 3 is 1.74 bits per heavy atom. The lowest BCUT2D eigenvalue weighted by molar-refractivity contribution is -0.275. The number of benzene rings is 2. The zero-order valence-corrected chi connectivity index (χ0v) is 23.9. The SMILES string of the molecule is CC(C)(C)[C@H]1CN(C(c2ccc(OC(F)(F)F)cc2)c2ccc(OC(F)(F)F)cc2)CCN1C(=O)CC1CCNCC1. The molecule has 4 rings (SSSR count). The molecule has 0 saturated carbocycles. The van der Waals surface area contributed by atoms with E-state index in [0.717, 1.165) is 25.9 Å². The lowest BCUT2D eigenvalue weighted by Crippen LogP contribution is -2.60. The smallest absolute Gasteiger partial charge is 0.406 e. The molecule has 0 radical (unpaired) electrons. The monoisotopic (exact) mass is 601 g/mol. The summed E-state index contributed by atoms with van der Waals surface area (Å²) in [5.41, 5.74) is 0.981. The van der Waals surface area contributed by atoms with Gasteiger partial charge in [0.1, 0.15) is 11.5 Å². The van der Waals surface area contributed by atoms with E-state index in [4.69, 9.17) is 0 Å². The third-order valence-corrected chi connectivity index (χ3v) is 7.88. The number of rotatable bonds is 7. The molecule has 0 aromatic heterocycles. The Bertz CT molecular complexity index is 1110. The summed E-state index contributed by atoms with van der Waals surface area (Å²) in [5, 5.41) is 3.32. The van der Waals surface area contributed by atoms with Crippen LogP contribution in [0.4, 0.5) is 26.3 Å². The van der Waals surface area contributed by atoms with Gasteiger partial charge in [0.2, 0.25) is 5.91 Å². The van der Waals surface area contributed by atoms with Crippen LogP contribution in [0, 0.1) is 11.3 Å². The van der Waals surface area contributed by atoms with Crippen LogP contribution in [0.5, 0.6) is 11.5 Å². The Morgan fingerprint density at radius 1 is 0.833 bits per heavy atom. The quantitative estimate of drug-likeness (QED) is 0.367. The highest BCUT2D eigenvalue weighted by Gasteiger charge is 2.41. The van der Waals surface area contributed by atoms with Crippen LogP contribution in [0.15, 0.2) is 48.5 Å². The Labute approximate surface area is 241 Å². The van der Waals surface area contributed by atoms with Crippen molar-refractivity contribution < 1.29 is 40.6 Å². The number of nitrogens with zero attached hydrogens (tertiary/aromatic N) is 2. The van der Waals surface area contributed by atoms with E-state index in [1.54, 1.807) is 0 Å². The number of alkyl halides is 6. The van der Waals surface area contributed by atoms with E-state index in [2.05, 4.69) is 40.5 Å². The normalized spacial score (nSPS) is 19.7. The zero-order chi connectivity index (χ0) is 30.7. The molecule has 1 N–H and O–H groups in total. The summed E-state index contributed by atoms with van der Waals surface area (Å²) < 4.78 is 84.6. The molecule has 1 amide bonds. The Hall–Kier alpha value is -2.99. The molecule has 2 fully saturated rings. The van der Waals surface area contributed by atoms with Gasteiger partial charge in [0.15, 0.2) is 0 Å². The maximum Gasteiger partial charge on any atom is 0.573 e. The third-order valence-electron chi connectivity index (χ3n) is 7.88. The van der Waals surface area contributed by atoms with Gasteiger partial charge in [-0.1, -0.05) is 45.0 Å². The van der Waals surface area contributed by atoms with Gasteiger partial charge in [0.05, 0.1) is 6.04 Å². The third kappa shape index (κ3) is 8.76. The predicted octanol–water partition coefficient (Wildman–Crippen LogP) is 6.52. The van der Waals surface area contributed by atoms with Crippen LogP contribution in [0.25, 0.3) is 0 Å². The van der Waals surface area contributed by atoms with E-state index >= 15 is 0 Å². The summed E-state index contributed by atoms with van der Waals surface area (Å²) in [7, 11) is 0. The minimum atomic E-state index is -4.84. The summed E-state index contributed by atoms with van der Waals surface area (Å²) in [6, 6.07) is 10.3. The molecule has 42 heavy (non-hydrogen) atoms. The van der Waals surface area contributed by atoms with E-state index < -0.39 is 18.8 Å². The van der Waals surface area contributed by atoms with Crippen molar-refractivity contribution in [3.8, 4) is 11.5 Å². The van der Waals surface area contributed by atoms with E-state index in [1.807, 2.05) is 4.90 Å². The molecule has 2 saturated heterocycles. The summed E-state index contributed by atoms with van der Waals surface area (Å²) >= 11 is 0. The molecule has 2 aliphatic rings. The van der Waals surface area contributed by atoms with Crippen LogP contribution in [-0.4, -0.2) is 67.2 Å². The number of ether oxygens (including phenoxy) is 2. The second kappa shape index (κ2) is 12.7. The number of carbonyl (C=O) groups excluding carboxylic acids is 1. The van der Waals surface area contributed by atoms with Gasteiger partial charge in [-0.15, -0.1) is 26.3 Å². The maximum atomic E-state index is 13.5. The maximum absolute atomic E-state index is 13.5. The molecule has 2 heterocycles. The van der Waals surface area contributed by atoms with Crippen LogP contribution >= 0.6 is 0 Å². The average molecular weight is 602 g/mol. The first-order valence-corrected chi connectivity index (χ1v) is 14.0. The molecule has 232 valence electrons. The lowest BCUT2D eigenvalue weighted by atomic mass is 9.82. The molecule has 2 aromatic rings. The van der Waals surface area contributed by atoms with Gasteiger partial charge in [0.25, 0.3) is 0 Å². The zero-order valence-electron chi connectivity index (χ0n) is 23.9. The fraction of sp³-hybridized carbons (Fsp3) is 0.567. The minimum absolute atomic E-state index is 0.111. The molecule has 0 bridgehead atoms. The van der Waals surface area contributed by atoms with E-state index in [1.165, 1.54) is 48.5 Å². The Morgan fingerprint density at radius 2 is 1.31 bits per heavy atom. The highest BCUT2D eigenvalue weighted by molar-refractivity contribution is 5.77. The van der Waals surface area contributed by atoms with Crippen LogP contribution in [0.1, 0.15) is 57.2 Å². The molecule has 12 heteroatoms. The van der Waals surface area contributed by atoms with Crippen molar-refractivity contribution in [3.05, 3.63) is 59.7 Å². The molecule has 2 aliphatic heterocycles. The molecule has 2 aromatic carbocycles. The first-order valence-electron chi connectivity index (χ1n) is 14.0. The number of hydrogen-bond acceptors (Lipinski definition) is 5. The molecule has 0 spiro atoms. The molecule has 6 nitrogen and oxygen atoms in total. The van der Waals surface area contributed by atoms with Crippen molar-refractivity contribution in [1.29, 1.82) is 0 Å². The first kappa shape index (κ1) is 31.9. The highest BCUT2D eigenvalue weighted by atomic mass is 19.4. The second-order valence-electron chi connectivity index (χ2n) is 12.0. The van der Waals surface area contributed by atoms with Crippen molar-refractivity contribution in [2.75, 3.05) is 32.7 Å². The van der Waals surface area contributed by atoms with Gasteiger partial charge >= 0.3 is 12.7 Å². The van der Waals surface area contributed by atoms with Gasteiger partial charge in [0, 0.05) is 32.1 Å². The van der Waals surface area contributed by atoms with Crippen LogP contribution in [0.2, 0.25) is 0 Å². The molecule has 1 atom stereocenters. The van der Waals surface area contributed by atoms with E-state index in [9.17, 15) is 31.1 Å². The summed E-state index contributed by atoms with van der Waals surface area (Å²) in [6.07, 6.45) is -7.29. The first-order chi connectivity index (χ1) is 19.6. The van der Waals surface area contributed by atoms with Crippen molar-refractivity contribution in [1.82, 2.24) is 15.1 Å². The largest absolute Gasteiger partial charge is 0.573 e.